The minimum atomic E-state index is 0.0917. The molecular weight excluding hydrogens is 212 g/mol. The summed E-state index contributed by atoms with van der Waals surface area (Å²) in [4.78, 5) is 13.7. The molecule has 0 spiro atoms. The Bertz CT molecular complexity index is 401. The lowest BCUT2D eigenvalue weighted by atomic mass is 10.0. The van der Waals surface area contributed by atoms with Crippen LogP contribution in [0.25, 0.3) is 0 Å². The van der Waals surface area contributed by atoms with Crippen molar-refractivity contribution in [1.82, 2.24) is 4.90 Å². The molecule has 94 valence electrons. The molecule has 0 aliphatic rings. The van der Waals surface area contributed by atoms with Crippen molar-refractivity contribution in [2.45, 2.75) is 33.2 Å². The van der Waals surface area contributed by atoms with E-state index in [0.717, 1.165) is 5.56 Å². The van der Waals surface area contributed by atoms with Crippen molar-refractivity contribution >= 4 is 5.91 Å². The number of carbonyl (C=O) groups excluding carboxylic acids is 1. The van der Waals surface area contributed by atoms with E-state index in [4.69, 9.17) is 5.73 Å². The van der Waals surface area contributed by atoms with Gasteiger partial charge in [-0.1, -0.05) is 18.2 Å². The zero-order chi connectivity index (χ0) is 13.0. The first-order valence-electron chi connectivity index (χ1n) is 5.97. The summed E-state index contributed by atoms with van der Waals surface area (Å²) in [5, 5.41) is 0. The molecular formula is C14H22N2O. The van der Waals surface area contributed by atoms with Gasteiger partial charge in [0.25, 0.3) is 0 Å². The number of amides is 1. The van der Waals surface area contributed by atoms with Crippen molar-refractivity contribution < 1.29 is 4.79 Å². The van der Waals surface area contributed by atoms with Gasteiger partial charge in [0, 0.05) is 19.6 Å². The molecule has 0 aromatic heterocycles. The minimum Gasteiger partial charge on any atom is -0.341 e. The van der Waals surface area contributed by atoms with Gasteiger partial charge in [0.2, 0.25) is 5.91 Å². The van der Waals surface area contributed by atoms with E-state index in [2.05, 4.69) is 26.0 Å². The third-order valence-electron chi connectivity index (χ3n) is 3.32. The van der Waals surface area contributed by atoms with Crippen LogP contribution >= 0.6 is 0 Å². The number of aryl methyl sites for hydroxylation is 2. The topological polar surface area (TPSA) is 46.3 Å². The quantitative estimate of drug-likeness (QED) is 0.861. The zero-order valence-corrected chi connectivity index (χ0v) is 11.2. The first-order valence-corrected chi connectivity index (χ1v) is 5.97. The molecule has 1 rings (SSSR count). The first kappa shape index (κ1) is 13.7. The molecule has 0 aliphatic heterocycles. The van der Waals surface area contributed by atoms with Gasteiger partial charge in [0.15, 0.2) is 0 Å². The number of hydrogen-bond donors (Lipinski definition) is 1. The first-order chi connectivity index (χ1) is 7.95. The SMILES string of the molecule is Cc1ccc(CC(=O)N(C)C(C)CN)cc1C. The number of nitrogens with zero attached hydrogens (tertiary/aromatic N) is 1. The number of benzene rings is 1. The van der Waals surface area contributed by atoms with Gasteiger partial charge in [-0.3, -0.25) is 4.79 Å². The third kappa shape index (κ3) is 3.56. The third-order valence-corrected chi connectivity index (χ3v) is 3.32. The van der Waals surface area contributed by atoms with Crippen LogP contribution in [0.3, 0.4) is 0 Å². The fourth-order valence-electron chi connectivity index (χ4n) is 1.62. The van der Waals surface area contributed by atoms with Gasteiger partial charge >= 0.3 is 0 Å². The summed E-state index contributed by atoms with van der Waals surface area (Å²) in [6, 6.07) is 6.24. The second-order valence-corrected chi connectivity index (χ2v) is 4.68. The molecule has 3 heteroatoms. The van der Waals surface area contributed by atoms with Crippen LogP contribution in [-0.4, -0.2) is 30.4 Å². The maximum atomic E-state index is 12.0. The molecule has 1 amide bonds. The Hall–Kier alpha value is -1.35. The number of nitrogens with two attached hydrogens (primary N) is 1. The van der Waals surface area contributed by atoms with E-state index in [-0.39, 0.29) is 11.9 Å². The van der Waals surface area contributed by atoms with Crippen molar-refractivity contribution in [2.75, 3.05) is 13.6 Å². The van der Waals surface area contributed by atoms with Gasteiger partial charge in [-0.2, -0.15) is 0 Å². The number of rotatable bonds is 4. The summed E-state index contributed by atoms with van der Waals surface area (Å²) >= 11 is 0. The zero-order valence-electron chi connectivity index (χ0n) is 11.2. The van der Waals surface area contributed by atoms with E-state index < -0.39 is 0 Å². The molecule has 3 nitrogen and oxygen atoms in total. The van der Waals surface area contributed by atoms with E-state index in [9.17, 15) is 4.79 Å². The fraction of sp³-hybridized carbons (Fsp3) is 0.500. The van der Waals surface area contributed by atoms with Crippen molar-refractivity contribution in [3.8, 4) is 0 Å². The van der Waals surface area contributed by atoms with Crippen LogP contribution in [0.1, 0.15) is 23.6 Å². The molecule has 0 fully saturated rings. The van der Waals surface area contributed by atoms with Crippen LogP contribution in [0, 0.1) is 13.8 Å². The van der Waals surface area contributed by atoms with E-state index in [1.54, 1.807) is 11.9 Å². The largest absolute Gasteiger partial charge is 0.341 e. The number of hydrogen-bond acceptors (Lipinski definition) is 2. The highest BCUT2D eigenvalue weighted by Gasteiger charge is 2.14. The normalized spacial score (nSPS) is 12.3. The molecule has 1 aromatic carbocycles. The van der Waals surface area contributed by atoms with Crippen molar-refractivity contribution in [3.05, 3.63) is 34.9 Å². The van der Waals surface area contributed by atoms with Gasteiger partial charge in [-0.25, -0.2) is 0 Å². The van der Waals surface area contributed by atoms with Gasteiger partial charge in [-0.05, 0) is 37.5 Å². The lowest BCUT2D eigenvalue weighted by molar-refractivity contribution is -0.130. The van der Waals surface area contributed by atoms with Gasteiger partial charge in [-0.15, -0.1) is 0 Å². The number of likely N-dealkylation sites (N-methyl/N-ethyl adjacent to an activating group) is 1. The highest BCUT2D eigenvalue weighted by atomic mass is 16.2. The molecule has 0 aliphatic carbocycles. The predicted molar refractivity (Wildman–Crippen MR) is 70.9 cm³/mol. The summed E-state index contributed by atoms with van der Waals surface area (Å²) in [6.07, 6.45) is 0.446. The average Bonchev–Trinajstić information content (AvgIpc) is 2.31. The van der Waals surface area contributed by atoms with Crippen molar-refractivity contribution in [1.29, 1.82) is 0 Å². The summed E-state index contributed by atoms with van der Waals surface area (Å²) in [6.45, 7) is 6.59. The Morgan fingerprint density at radius 1 is 1.35 bits per heavy atom. The molecule has 0 saturated heterocycles. The van der Waals surface area contributed by atoms with Crippen molar-refractivity contribution in [3.63, 3.8) is 0 Å². The molecule has 0 heterocycles. The van der Waals surface area contributed by atoms with Crippen LogP contribution in [0.15, 0.2) is 18.2 Å². The smallest absolute Gasteiger partial charge is 0.227 e. The molecule has 0 radical (unpaired) electrons. The molecule has 1 aromatic rings. The minimum absolute atomic E-state index is 0.0917. The van der Waals surface area contributed by atoms with Crippen LogP contribution < -0.4 is 5.73 Å². The van der Waals surface area contributed by atoms with Crippen LogP contribution in [0.5, 0.6) is 0 Å². The Morgan fingerprint density at radius 3 is 2.53 bits per heavy atom. The van der Waals surface area contributed by atoms with E-state index in [1.165, 1.54) is 11.1 Å². The average molecular weight is 234 g/mol. The van der Waals surface area contributed by atoms with E-state index in [1.807, 2.05) is 13.0 Å². The highest BCUT2D eigenvalue weighted by Crippen LogP contribution is 2.11. The fourth-order valence-corrected chi connectivity index (χ4v) is 1.62. The second-order valence-electron chi connectivity index (χ2n) is 4.68. The lowest BCUT2D eigenvalue weighted by Gasteiger charge is -2.23. The maximum absolute atomic E-state index is 12.0. The van der Waals surface area contributed by atoms with E-state index in [0.29, 0.717) is 13.0 Å². The van der Waals surface area contributed by atoms with Gasteiger partial charge in [0.1, 0.15) is 0 Å². The standard InChI is InChI=1S/C14H22N2O/c1-10-5-6-13(7-11(10)2)8-14(17)16(4)12(3)9-15/h5-7,12H,8-9,15H2,1-4H3. The Labute approximate surface area is 104 Å². The maximum Gasteiger partial charge on any atom is 0.227 e. The van der Waals surface area contributed by atoms with Crippen LogP contribution in [0.4, 0.5) is 0 Å². The molecule has 2 N–H and O–H groups in total. The lowest BCUT2D eigenvalue weighted by Crippen LogP contribution is -2.40. The predicted octanol–water partition coefficient (Wildman–Crippen LogP) is 1.65. The van der Waals surface area contributed by atoms with Crippen molar-refractivity contribution in [2.24, 2.45) is 5.73 Å². The van der Waals surface area contributed by atoms with Gasteiger partial charge < -0.3 is 10.6 Å². The van der Waals surface area contributed by atoms with E-state index >= 15 is 0 Å². The monoisotopic (exact) mass is 234 g/mol. The molecule has 17 heavy (non-hydrogen) atoms. The summed E-state index contributed by atoms with van der Waals surface area (Å²) in [7, 11) is 1.81. The van der Waals surface area contributed by atoms with Crippen LogP contribution in [0.2, 0.25) is 0 Å². The molecule has 1 atom stereocenters. The Balaban J connectivity index is 2.71. The Kier molecular flexibility index (Phi) is 4.70. The van der Waals surface area contributed by atoms with Gasteiger partial charge in [0.05, 0.1) is 6.42 Å². The summed E-state index contributed by atoms with van der Waals surface area (Å²) < 4.78 is 0. The molecule has 0 saturated carbocycles. The summed E-state index contributed by atoms with van der Waals surface area (Å²) in [5.41, 5.74) is 9.10. The second kappa shape index (κ2) is 5.82. The summed E-state index contributed by atoms with van der Waals surface area (Å²) in [5.74, 6) is 0.117. The molecule has 1 unspecified atom stereocenters. The highest BCUT2D eigenvalue weighted by molar-refractivity contribution is 5.78. The molecule has 0 bridgehead atoms. The number of carbonyl (C=O) groups is 1. The van der Waals surface area contributed by atoms with Crippen LogP contribution in [-0.2, 0) is 11.2 Å². The Morgan fingerprint density at radius 2 is 2.00 bits per heavy atom.